The Balaban J connectivity index is 0.909. The molecule has 3 fully saturated rings. The number of nitrogens with zero attached hydrogens (tertiary/aromatic N) is 5. The Bertz CT molecular complexity index is 1800. The van der Waals surface area contributed by atoms with Gasteiger partial charge in [0.1, 0.15) is 11.9 Å². The summed E-state index contributed by atoms with van der Waals surface area (Å²) in [7, 11) is 1.96. The van der Waals surface area contributed by atoms with Gasteiger partial charge in [-0.25, -0.2) is 14.4 Å². The molecule has 47 heavy (non-hydrogen) atoms. The van der Waals surface area contributed by atoms with Crippen molar-refractivity contribution in [2.24, 2.45) is 13.0 Å². The third-order valence-electron chi connectivity index (χ3n) is 9.61. The van der Waals surface area contributed by atoms with Crippen molar-refractivity contribution < 1.29 is 18.8 Å². The second-order valence-electron chi connectivity index (χ2n) is 12.9. The maximum Gasteiger partial charge on any atom is 0.255 e. The maximum atomic E-state index is 14.9. The second-order valence-corrected chi connectivity index (χ2v) is 13.3. The Morgan fingerprint density at radius 3 is 2.60 bits per heavy atom. The fraction of sp³-hybridized carbons (Fsp3) is 0.471. The standard InChI is InChI=1S/C34H36ClFN8O3/c1-43-29(13-19-4-5-19)25(16-39-43)31-26(35)17-38-34(42-31)40-23-8-6-22(7-9-23)37-12-2-3-20-14-21-18-44(33(47)24(21)15-27(20)36)28-10-11-30(45)41-32(28)46/h14-17,19,22-23,28,37H,4-13,18H2,1H3,(H,38,40,42)(H,41,45,46)/t22-,23-,28?. The molecule has 244 valence electrons. The van der Waals surface area contributed by atoms with Gasteiger partial charge >= 0.3 is 0 Å². The van der Waals surface area contributed by atoms with E-state index in [0.29, 0.717) is 34.7 Å². The molecule has 1 aromatic carbocycles. The number of anilines is 1. The molecule has 3 amide bonds. The minimum Gasteiger partial charge on any atom is -0.351 e. The highest BCUT2D eigenvalue weighted by molar-refractivity contribution is 6.33. The molecule has 2 saturated carbocycles. The van der Waals surface area contributed by atoms with E-state index in [1.807, 2.05) is 17.9 Å². The number of piperidine rings is 1. The summed E-state index contributed by atoms with van der Waals surface area (Å²) in [5, 5.41) is 14.2. The van der Waals surface area contributed by atoms with Gasteiger partial charge in [-0.3, -0.25) is 24.4 Å². The lowest BCUT2D eigenvalue weighted by atomic mass is 9.91. The van der Waals surface area contributed by atoms with E-state index < -0.39 is 23.7 Å². The van der Waals surface area contributed by atoms with Crippen molar-refractivity contribution in [2.45, 2.75) is 82.5 Å². The average Bonchev–Trinajstić information content (AvgIpc) is 3.74. The van der Waals surface area contributed by atoms with Crippen molar-refractivity contribution in [2.75, 3.05) is 11.9 Å². The molecule has 3 N–H and O–H groups in total. The van der Waals surface area contributed by atoms with Gasteiger partial charge in [-0.15, -0.1) is 0 Å². The molecule has 4 aliphatic rings. The van der Waals surface area contributed by atoms with Crippen LogP contribution in [-0.4, -0.2) is 67.0 Å². The Hall–Kier alpha value is -4.34. The van der Waals surface area contributed by atoms with E-state index in [9.17, 15) is 18.8 Å². The highest BCUT2D eigenvalue weighted by Gasteiger charge is 2.39. The van der Waals surface area contributed by atoms with Crippen LogP contribution in [0.3, 0.4) is 0 Å². The van der Waals surface area contributed by atoms with Crippen molar-refractivity contribution in [3.63, 3.8) is 0 Å². The van der Waals surface area contributed by atoms with Gasteiger partial charge in [0, 0.05) is 48.9 Å². The second kappa shape index (κ2) is 13.0. The quantitative estimate of drug-likeness (QED) is 0.246. The summed E-state index contributed by atoms with van der Waals surface area (Å²) in [6, 6.07) is 2.56. The molecule has 0 radical (unpaired) electrons. The molecular weight excluding hydrogens is 623 g/mol. The summed E-state index contributed by atoms with van der Waals surface area (Å²) in [6.07, 6.45) is 11.2. The first-order valence-electron chi connectivity index (χ1n) is 16.2. The summed E-state index contributed by atoms with van der Waals surface area (Å²) in [5.74, 6) is 5.37. The first kappa shape index (κ1) is 31.3. The average molecular weight is 659 g/mol. The van der Waals surface area contributed by atoms with Crippen molar-refractivity contribution in [1.29, 1.82) is 0 Å². The molecule has 4 heterocycles. The fourth-order valence-electron chi connectivity index (χ4n) is 6.77. The van der Waals surface area contributed by atoms with Gasteiger partial charge in [-0.2, -0.15) is 5.10 Å². The number of halogens is 2. The van der Waals surface area contributed by atoms with Crippen LogP contribution in [0, 0.1) is 23.6 Å². The zero-order chi connectivity index (χ0) is 32.7. The minimum absolute atomic E-state index is 0.165. The van der Waals surface area contributed by atoms with Gasteiger partial charge in [-0.1, -0.05) is 23.4 Å². The van der Waals surface area contributed by atoms with Crippen molar-refractivity contribution in [3.05, 3.63) is 57.8 Å². The molecule has 1 atom stereocenters. The molecule has 3 aromatic rings. The Labute approximate surface area is 277 Å². The number of aryl methyl sites for hydroxylation is 1. The third-order valence-corrected chi connectivity index (χ3v) is 9.89. The van der Waals surface area contributed by atoms with Gasteiger partial charge in [0.2, 0.25) is 17.8 Å². The number of benzene rings is 1. The summed E-state index contributed by atoms with van der Waals surface area (Å²) in [5.41, 5.74) is 3.90. The molecule has 11 nitrogen and oxygen atoms in total. The van der Waals surface area contributed by atoms with Crippen LogP contribution in [0.1, 0.15) is 78.5 Å². The predicted octanol–water partition coefficient (Wildman–Crippen LogP) is 3.75. The monoisotopic (exact) mass is 658 g/mol. The Morgan fingerprint density at radius 2 is 1.83 bits per heavy atom. The largest absolute Gasteiger partial charge is 0.351 e. The molecule has 0 bridgehead atoms. The molecule has 1 unspecified atom stereocenters. The van der Waals surface area contributed by atoms with Crippen LogP contribution in [0.2, 0.25) is 5.02 Å². The third kappa shape index (κ3) is 6.73. The highest BCUT2D eigenvalue weighted by Crippen LogP contribution is 2.37. The lowest BCUT2D eigenvalue weighted by Gasteiger charge is -2.29. The first-order chi connectivity index (χ1) is 22.7. The van der Waals surface area contributed by atoms with Crippen LogP contribution < -0.4 is 16.0 Å². The predicted molar refractivity (Wildman–Crippen MR) is 173 cm³/mol. The number of amides is 3. The van der Waals surface area contributed by atoms with Crippen molar-refractivity contribution >= 4 is 35.3 Å². The van der Waals surface area contributed by atoms with E-state index in [1.165, 1.54) is 23.8 Å². The number of rotatable bonds is 8. The van der Waals surface area contributed by atoms with Gasteiger partial charge in [0.25, 0.3) is 5.91 Å². The van der Waals surface area contributed by atoms with Crippen LogP contribution >= 0.6 is 11.6 Å². The van der Waals surface area contributed by atoms with E-state index in [1.54, 1.807) is 12.3 Å². The van der Waals surface area contributed by atoms with E-state index in [-0.39, 0.29) is 48.5 Å². The molecule has 0 spiro atoms. The van der Waals surface area contributed by atoms with E-state index in [2.05, 4.69) is 37.9 Å². The molecule has 7 rings (SSSR count). The van der Waals surface area contributed by atoms with Gasteiger partial charge < -0.3 is 15.5 Å². The lowest BCUT2D eigenvalue weighted by Crippen LogP contribution is -2.52. The molecule has 13 heteroatoms. The Morgan fingerprint density at radius 1 is 1.04 bits per heavy atom. The number of hydrogen-bond donors (Lipinski definition) is 3. The number of aromatic nitrogens is 4. The Kier molecular flexibility index (Phi) is 8.68. The zero-order valence-corrected chi connectivity index (χ0v) is 26.9. The normalized spacial score (nSPS) is 22.5. The van der Waals surface area contributed by atoms with E-state index >= 15 is 0 Å². The van der Waals surface area contributed by atoms with Gasteiger partial charge in [0.15, 0.2) is 0 Å². The van der Waals surface area contributed by atoms with Crippen LogP contribution in [0.5, 0.6) is 0 Å². The zero-order valence-electron chi connectivity index (χ0n) is 26.1. The fourth-order valence-corrected chi connectivity index (χ4v) is 6.96. The number of nitrogens with one attached hydrogen (secondary N) is 3. The van der Waals surface area contributed by atoms with E-state index in [4.69, 9.17) is 16.6 Å². The summed E-state index contributed by atoms with van der Waals surface area (Å²) in [6.45, 7) is 0.580. The summed E-state index contributed by atoms with van der Waals surface area (Å²) < 4.78 is 16.8. The first-order valence-corrected chi connectivity index (χ1v) is 16.6. The van der Waals surface area contributed by atoms with E-state index in [0.717, 1.165) is 43.4 Å². The number of carbonyl (C=O) groups excluding carboxylic acids is 3. The highest BCUT2D eigenvalue weighted by atomic mass is 35.5. The van der Waals surface area contributed by atoms with Crippen molar-refractivity contribution in [1.82, 2.24) is 35.3 Å². The molecular formula is C34H36ClFN8O3. The summed E-state index contributed by atoms with van der Waals surface area (Å²) >= 11 is 6.54. The molecule has 2 aliphatic heterocycles. The molecule has 1 saturated heterocycles. The number of imide groups is 1. The van der Waals surface area contributed by atoms with Gasteiger partial charge in [0.05, 0.1) is 35.2 Å². The number of carbonyl (C=O) groups is 3. The van der Waals surface area contributed by atoms with Crippen LogP contribution in [0.25, 0.3) is 11.3 Å². The van der Waals surface area contributed by atoms with Crippen LogP contribution in [0.4, 0.5) is 10.3 Å². The molecule has 2 aliphatic carbocycles. The minimum atomic E-state index is -0.743. The topological polar surface area (TPSA) is 134 Å². The lowest BCUT2D eigenvalue weighted by molar-refractivity contribution is -0.136. The smallest absolute Gasteiger partial charge is 0.255 e. The SMILES string of the molecule is Cn1ncc(-c2nc(N[C@H]3CC[C@H](NCC#Cc4cc5c(cc4F)C(=O)N(C4CCC(=O)NC4=O)C5)CC3)ncc2Cl)c1CC1CC1. The number of hydrogen-bond acceptors (Lipinski definition) is 8. The maximum absolute atomic E-state index is 14.9. The molecule has 2 aromatic heterocycles. The van der Waals surface area contributed by atoms with Crippen LogP contribution in [-0.2, 0) is 29.6 Å². The number of fused-ring (bicyclic) bond motifs is 1. The van der Waals surface area contributed by atoms with Gasteiger partial charge in [-0.05, 0) is 75.0 Å². The summed E-state index contributed by atoms with van der Waals surface area (Å²) in [4.78, 5) is 47.4. The van der Waals surface area contributed by atoms with Crippen LogP contribution in [0.15, 0.2) is 24.5 Å². The van der Waals surface area contributed by atoms with Crippen molar-refractivity contribution in [3.8, 4) is 23.1 Å².